The van der Waals surface area contributed by atoms with Crippen molar-refractivity contribution in [3.05, 3.63) is 34.5 Å². The number of nitrogens with one attached hydrogen (secondary N) is 1. The van der Waals surface area contributed by atoms with E-state index in [9.17, 15) is 4.79 Å². The van der Waals surface area contributed by atoms with E-state index in [2.05, 4.69) is 29.4 Å². The topological polar surface area (TPSA) is 73.0 Å². The van der Waals surface area contributed by atoms with Crippen LogP contribution in [0.1, 0.15) is 65.8 Å². The number of carbonyl (C=O) groups is 1. The molecule has 0 aromatic carbocycles. The first-order valence-corrected chi connectivity index (χ1v) is 7.56. The summed E-state index contributed by atoms with van der Waals surface area (Å²) in [4.78, 5) is 12.3. The molecule has 1 amide bonds. The molecule has 0 saturated carbocycles. The molecule has 2 rings (SSSR count). The quantitative estimate of drug-likeness (QED) is 0.921. The highest BCUT2D eigenvalue weighted by Gasteiger charge is 2.19. The van der Waals surface area contributed by atoms with Crippen LogP contribution >= 0.6 is 0 Å². The van der Waals surface area contributed by atoms with Crippen molar-refractivity contribution in [3.63, 3.8) is 0 Å². The number of nitrogens with zero attached hydrogens (tertiary/aromatic N) is 3. The van der Waals surface area contributed by atoms with Gasteiger partial charge in [-0.2, -0.15) is 5.10 Å². The monoisotopic (exact) mass is 304 g/mol. The zero-order valence-electron chi connectivity index (χ0n) is 14.1. The zero-order chi connectivity index (χ0) is 16.4. The summed E-state index contributed by atoms with van der Waals surface area (Å²) < 4.78 is 6.94. The summed E-state index contributed by atoms with van der Waals surface area (Å²) in [6.45, 7) is 10.5. The Kier molecular flexibility index (Phi) is 4.68. The Morgan fingerprint density at radius 2 is 2.05 bits per heavy atom. The molecule has 1 atom stereocenters. The lowest BCUT2D eigenvalue weighted by atomic mass is 9.99. The minimum atomic E-state index is -0.152. The summed E-state index contributed by atoms with van der Waals surface area (Å²) in [6, 6.07) is 1.85. The molecule has 22 heavy (non-hydrogen) atoms. The normalized spacial score (nSPS) is 12.7. The molecule has 0 aliphatic heterocycles. The third-order valence-electron chi connectivity index (χ3n) is 3.89. The Balaban J connectivity index is 2.02. The maximum Gasteiger partial charge on any atom is 0.271 e. The third-order valence-corrected chi connectivity index (χ3v) is 3.89. The molecule has 6 heteroatoms. The summed E-state index contributed by atoms with van der Waals surface area (Å²) in [5, 5.41) is 11.2. The van der Waals surface area contributed by atoms with Crippen molar-refractivity contribution in [1.29, 1.82) is 0 Å². The van der Waals surface area contributed by atoms with Gasteiger partial charge in [0.15, 0.2) is 0 Å². The van der Waals surface area contributed by atoms with Crippen molar-refractivity contribution in [2.45, 2.75) is 46.5 Å². The molecule has 120 valence electrons. The van der Waals surface area contributed by atoms with Gasteiger partial charge in [-0.05, 0) is 25.8 Å². The first-order chi connectivity index (χ1) is 10.3. The Hall–Kier alpha value is -2.11. The van der Waals surface area contributed by atoms with Crippen LogP contribution in [0.2, 0.25) is 0 Å². The van der Waals surface area contributed by atoms with Gasteiger partial charge in [-0.15, -0.1) is 0 Å². The van der Waals surface area contributed by atoms with Gasteiger partial charge in [0.2, 0.25) is 0 Å². The van der Waals surface area contributed by atoms with Crippen molar-refractivity contribution in [1.82, 2.24) is 20.3 Å². The van der Waals surface area contributed by atoms with E-state index in [1.54, 1.807) is 4.68 Å². The fourth-order valence-electron chi connectivity index (χ4n) is 2.77. The van der Waals surface area contributed by atoms with Crippen LogP contribution in [0.25, 0.3) is 0 Å². The maximum absolute atomic E-state index is 12.3. The number of aromatic nitrogens is 3. The molecule has 2 heterocycles. The molecule has 2 aromatic heterocycles. The first kappa shape index (κ1) is 16.3. The number of hydrogen-bond donors (Lipinski definition) is 1. The van der Waals surface area contributed by atoms with E-state index in [0.29, 0.717) is 18.2 Å². The Labute approximate surface area is 130 Å². The second kappa shape index (κ2) is 6.34. The standard InChI is InChI=1S/C16H24N4O2/c1-9(2)14-7-13(18-20(14)6)16(21)17-8-10(3)15-11(4)19-22-12(15)5/h7,9-10H,8H2,1-6H3,(H,17,21). The lowest BCUT2D eigenvalue weighted by Gasteiger charge is -2.11. The first-order valence-electron chi connectivity index (χ1n) is 7.56. The van der Waals surface area contributed by atoms with Crippen LogP contribution in [-0.4, -0.2) is 27.4 Å². The molecule has 1 N–H and O–H groups in total. The fraction of sp³-hybridized carbons (Fsp3) is 0.562. The lowest BCUT2D eigenvalue weighted by molar-refractivity contribution is 0.0946. The molecule has 0 spiro atoms. The summed E-state index contributed by atoms with van der Waals surface area (Å²) in [6.07, 6.45) is 0. The number of rotatable bonds is 5. The van der Waals surface area contributed by atoms with E-state index in [4.69, 9.17) is 4.52 Å². The van der Waals surface area contributed by atoms with Gasteiger partial charge in [0.1, 0.15) is 11.5 Å². The minimum absolute atomic E-state index is 0.142. The van der Waals surface area contributed by atoms with Gasteiger partial charge < -0.3 is 9.84 Å². The average Bonchev–Trinajstić information content (AvgIpc) is 2.99. The lowest BCUT2D eigenvalue weighted by Crippen LogP contribution is -2.28. The van der Waals surface area contributed by atoms with Crippen LogP contribution < -0.4 is 5.32 Å². The number of amides is 1. The number of carbonyl (C=O) groups excluding carboxylic acids is 1. The molecular formula is C16H24N4O2. The minimum Gasteiger partial charge on any atom is -0.361 e. The highest BCUT2D eigenvalue weighted by Crippen LogP contribution is 2.22. The highest BCUT2D eigenvalue weighted by molar-refractivity contribution is 5.92. The van der Waals surface area contributed by atoms with Gasteiger partial charge in [0.25, 0.3) is 5.91 Å². The van der Waals surface area contributed by atoms with E-state index in [0.717, 1.165) is 22.7 Å². The summed E-state index contributed by atoms with van der Waals surface area (Å²) in [5.41, 5.74) is 3.43. The molecule has 0 radical (unpaired) electrons. The van der Waals surface area contributed by atoms with Gasteiger partial charge in [0, 0.05) is 30.8 Å². The van der Waals surface area contributed by atoms with Crippen molar-refractivity contribution < 1.29 is 9.32 Å². The van der Waals surface area contributed by atoms with E-state index < -0.39 is 0 Å². The second-order valence-corrected chi connectivity index (χ2v) is 6.08. The van der Waals surface area contributed by atoms with Crippen LogP contribution in [-0.2, 0) is 7.05 Å². The van der Waals surface area contributed by atoms with Crippen molar-refractivity contribution in [2.24, 2.45) is 7.05 Å². The molecule has 0 fully saturated rings. The van der Waals surface area contributed by atoms with Gasteiger partial charge in [-0.25, -0.2) is 0 Å². The summed E-state index contributed by atoms with van der Waals surface area (Å²) >= 11 is 0. The Morgan fingerprint density at radius 1 is 1.36 bits per heavy atom. The summed E-state index contributed by atoms with van der Waals surface area (Å²) in [7, 11) is 1.86. The van der Waals surface area contributed by atoms with Gasteiger partial charge in [0.05, 0.1) is 5.69 Å². The largest absolute Gasteiger partial charge is 0.361 e. The van der Waals surface area contributed by atoms with Gasteiger partial charge in [-0.1, -0.05) is 25.9 Å². The molecular weight excluding hydrogens is 280 g/mol. The van der Waals surface area contributed by atoms with Crippen molar-refractivity contribution >= 4 is 5.91 Å². The van der Waals surface area contributed by atoms with Crippen LogP contribution in [0.5, 0.6) is 0 Å². The fourth-order valence-corrected chi connectivity index (χ4v) is 2.77. The predicted octanol–water partition coefficient (Wildman–Crippen LogP) is 2.68. The van der Waals surface area contributed by atoms with E-state index in [-0.39, 0.29) is 11.8 Å². The Morgan fingerprint density at radius 3 is 2.55 bits per heavy atom. The second-order valence-electron chi connectivity index (χ2n) is 6.08. The van der Waals surface area contributed by atoms with E-state index >= 15 is 0 Å². The van der Waals surface area contributed by atoms with Gasteiger partial charge >= 0.3 is 0 Å². The van der Waals surface area contributed by atoms with E-state index in [1.807, 2.05) is 33.9 Å². The van der Waals surface area contributed by atoms with Crippen LogP contribution in [0.3, 0.4) is 0 Å². The molecule has 0 bridgehead atoms. The predicted molar refractivity (Wildman–Crippen MR) is 84.0 cm³/mol. The number of hydrogen-bond acceptors (Lipinski definition) is 4. The van der Waals surface area contributed by atoms with Crippen LogP contribution in [0.15, 0.2) is 10.6 Å². The molecule has 0 aliphatic carbocycles. The molecule has 1 unspecified atom stereocenters. The summed E-state index contributed by atoms with van der Waals surface area (Å²) in [5.74, 6) is 1.13. The zero-order valence-corrected chi connectivity index (χ0v) is 14.1. The molecule has 6 nitrogen and oxygen atoms in total. The molecule has 0 saturated heterocycles. The van der Waals surface area contributed by atoms with Crippen LogP contribution in [0, 0.1) is 13.8 Å². The van der Waals surface area contributed by atoms with Crippen LogP contribution in [0.4, 0.5) is 0 Å². The highest BCUT2D eigenvalue weighted by atomic mass is 16.5. The molecule has 0 aliphatic rings. The van der Waals surface area contributed by atoms with Crippen molar-refractivity contribution in [3.8, 4) is 0 Å². The SMILES string of the molecule is Cc1noc(C)c1C(C)CNC(=O)c1cc(C(C)C)n(C)n1. The molecule has 2 aromatic rings. The Bertz CT molecular complexity index is 650. The smallest absolute Gasteiger partial charge is 0.271 e. The number of aryl methyl sites for hydroxylation is 3. The van der Waals surface area contributed by atoms with E-state index in [1.165, 1.54) is 0 Å². The average molecular weight is 304 g/mol. The van der Waals surface area contributed by atoms with Crippen molar-refractivity contribution in [2.75, 3.05) is 6.54 Å². The maximum atomic E-state index is 12.3. The van der Waals surface area contributed by atoms with Gasteiger partial charge in [-0.3, -0.25) is 9.48 Å². The third kappa shape index (κ3) is 3.21.